The maximum Gasteiger partial charge on any atom is 0.234 e. The average molecular weight is 394 g/mol. The quantitative estimate of drug-likeness (QED) is 0.418. The lowest BCUT2D eigenvalue weighted by Gasteiger charge is -2.27. The zero-order chi connectivity index (χ0) is 19.5. The molecular weight excluding hydrogens is 373 g/mol. The van der Waals surface area contributed by atoms with Crippen LogP contribution >= 0.6 is 7.26 Å². The monoisotopic (exact) mass is 394 g/mol. The van der Waals surface area contributed by atoms with Gasteiger partial charge in [0.1, 0.15) is 29.3 Å². The van der Waals surface area contributed by atoms with Gasteiger partial charge < -0.3 is 0 Å². The molecule has 3 aromatic carbocycles. The molecule has 5 rings (SSSR count). The number of rotatable bonds is 5. The van der Waals surface area contributed by atoms with E-state index in [1.165, 1.54) is 15.9 Å². The number of benzene rings is 3. The fourth-order valence-electron chi connectivity index (χ4n) is 3.97. The molecule has 0 radical (unpaired) electrons. The average Bonchev–Trinajstić information content (AvgIpc) is 3.22. The van der Waals surface area contributed by atoms with Gasteiger partial charge in [-0.25, -0.2) is 9.97 Å². The van der Waals surface area contributed by atoms with Crippen LogP contribution in [0.15, 0.2) is 116 Å². The molecule has 0 atom stereocenters. The van der Waals surface area contributed by atoms with Crippen LogP contribution in [0.25, 0.3) is 5.78 Å². The van der Waals surface area contributed by atoms with Crippen LogP contribution in [0.1, 0.15) is 5.69 Å². The third-order valence-corrected chi connectivity index (χ3v) is 9.61. The number of imidazole rings is 1. The van der Waals surface area contributed by atoms with Crippen LogP contribution in [0.2, 0.25) is 0 Å². The first-order chi connectivity index (χ1) is 14.4. The molecule has 0 amide bonds. The lowest BCUT2D eigenvalue weighted by Crippen LogP contribution is -2.32. The fraction of sp³-hybridized carbons (Fsp3) is 0.0400. The van der Waals surface area contributed by atoms with Crippen LogP contribution in [-0.4, -0.2) is 14.4 Å². The SMILES string of the molecule is c1ccc([P+](Cc2cn3cccnc3n2)(c2ccccc2)c2ccccc2)cc1. The van der Waals surface area contributed by atoms with Crippen molar-refractivity contribution in [3.63, 3.8) is 0 Å². The van der Waals surface area contributed by atoms with Crippen molar-refractivity contribution in [3.05, 3.63) is 121 Å². The standard InChI is InChI=1S/C25H21N3P/c1-4-11-22(12-5-1)29(23-13-6-2-7-14-23,24-15-8-3-9-16-24)20-21-19-28-18-10-17-26-25(28)27-21/h1-19H,20H2/q+1. The van der Waals surface area contributed by atoms with E-state index >= 15 is 0 Å². The molecule has 29 heavy (non-hydrogen) atoms. The van der Waals surface area contributed by atoms with Gasteiger partial charge in [0.15, 0.2) is 0 Å². The Bertz CT molecular complexity index is 1090. The van der Waals surface area contributed by atoms with Gasteiger partial charge in [0.25, 0.3) is 0 Å². The van der Waals surface area contributed by atoms with Gasteiger partial charge in [-0.2, -0.15) is 0 Å². The van der Waals surface area contributed by atoms with E-state index < -0.39 is 7.26 Å². The smallest absolute Gasteiger partial charge is 0.234 e. The third-order valence-electron chi connectivity index (χ3n) is 5.28. The van der Waals surface area contributed by atoms with E-state index in [0.29, 0.717) is 0 Å². The minimum absolute atomic E-state index is 0.745. The number of hydrogen-bond donors (Lipinski definition) is 0. The summed E-state index contributed by atoms with van der Waals surface area (Å²) < 4.78 is 2.00. The fourth-order valence-corrected chi connectivity index (χ4v) is 8.09. The Hall–Kier alpha value is -3.29. The molecule has 0 aliphatic heterocycles. The molecule has 0 saturated carbocycles. The van der Waals surface area contributed by atoms with Crippen LogP contribution < -0.4 is 15.9 Å². The maximum atomic E-state index is 4.85. The van der Waals surface area contributed by atoms with E-state index in [1.54, 1.807) is 6.20 Å². The number of hydrogen-bond acceptors (Lipinski definition) is 2. The highest BCUT2D eigenvalue weighted by Crippen LogP contribution is 2.57. The summed E-state index contributed by atoms with van der Waals surface area (Å²) >= 11 is 0. The molecule has 5 aromatic rings. The van der Waals surface area contributed by atoms with Crippen LogP contribution in [0.4, 0.5) is 0 Å². The van der Waals surface area contributed by atoms with E-state index in [-0.39, 0.29) is 0 Å². The Kier molecular flexibility index (Phi) is 4.67. The molecule has 140 valence electrons. The number of aromatic nitrogens is 3. The number of fused-ring (bicyclic) bond motifs is 1. The second-order valence-electron chi connectivity index (χ2n) is 7.03. The summed E-state index contributed by atoms with van der Waals surface area (Å²) in [4.78, 5) is 9.27. The van der Waals surface area contributed by atoms with Crippen molar-refractivity contribution >= 4 is 29.0 Å². The van der Waals surface area contributed by atoms with Crippen LogP contribution in [-0.2, 0) is 6.16 Å². The predicted octanol–water partition coefficient (Wildman–Crippen LogP) is 4.22. The highest BCUT2D eigenvalue weighted by molar-refractivity contribution is 7.95. The van der Waals surface area contributed by atoms with Crippen LogP contribution in [0, 0.1) is 0 Å². The second kappa shape index (κ2) is 7.62. The van der Waals surface area contributed by atoms with Gasteiger partial charge in [-0.05, 0) is 42.5 Å². The minimum Gasteiger partial charge on any atom is -0.291 e. The zero-order valence-electron chi connectivity index (χ0n) is 16.0. The molecule has 0 unspecified atom stereocenters. The highest BCUT2D eigenvalue weighted by Gasteiger charge is 2.46. The van der Waals surface area contributed by atoms with Gasteiger partial charge in [0, 0.05) is 18.6 Å². The lowest BCUT2D eigenvalue weighted by atomic mass is 10.4. The predicted molar refractivity (Wildman–Crippen MR) is 122 cm³/mol. The molecule has 0 aliphatic carbocycles. The molecule has 0 bridgehead atoms. The Morgan fingerprint density at radius 3 is 1.66 bits per heavy atom. The van der Waals surface area contributed by atoms with Gasteiger partial charge in [-0.15, -0.1) is 0 Å². The van der Waals surface area contributed by atoms with Gasteiger partial charge in [0.2, 0.25) is 5.78 Å². The van der Waals surface area contributed by atoms with Crippen molar-refractivity contribution in [1.82, 2.24) is 14.4 Å². The van der Waals surface area contributed by atoms with Crippen molar-refractivity contribution in [3.8, 4) is 0 Å². The summed E-state index contributed by atoms with van der Waals surface area (Å²) in [6.45, 7) is 0. The summed E-state index contributed by atoms with van der Waals surface area (Å²) in [6.07, 6.45) is 6.77. The van der Waals surface area contributed by atoms with E-state index in [2.05, 4.69) is 102 Å². The lowest BCUT2D eigenvalue weighted by molar-refractivity contribution is 1.11. The zero-order valence-corrected chi connectivity index (χ0v) is 16.9. The van der Waals surface area contributed by atoms with Crippen molar-refractivity contribution < 1.29 is 0 Å². The normalized spacial score (nSPS) is 11.6. The van der Waals surface area contributed by atoms with Crippen LogP contribution in [0.5, 0.6) is 0 Å². The van der Waals surface area contributed by atoms with E-state index in [0.717, 1.165) is 17.6 Å². The first-order valence-electron chi connectivity index (χ1n) is 9.70. The Morgan fingerprint density at radius 1 is 0.655 bits per heavy atom. The Morgan fingerprint density at radius 2 is 1.17 bits per heavy atom. The molecule has 0 saturated heterocycles. The molecule has 0 spiro atoms. The number of nitrogens with zero attached hydrogens (tertiary/aromatic N) is 3. The Labute approximate surface area is 171 Å². The van der Waals surface area contributed by atoms with Gasteiger partial charge in [0.05, 0.1) is 5.69 Å². The third kappa shape index (κ3) is 3.24. The topological polar surface area (TPSA) is 30.2 Å². The molecule has 4 heteroatoms. The molecule has 0 fully saturated rings. The molecular formula is C25H21N3P+. The van der Waals surface area contributed by atoms with Gasteiger partial charge in [-0.3, -0.25) is 4.40 Å². The Balaban J connectivity index is 1.77. The summed E-state index contributed by atoms with van der Waals surface area (Å²) in [7, 11) is -1.93. The molecule has 0 N–H and O–H groups in total. The minimum atomic E-state index is -1.93. The highest BCUT2D eigenvalue weighted by atomic mass is 31.2. The van der Waals surface area contributed by atoms with Gasteiger partial charge in [-0.1, -0.05) is 54.6 Å². The largest absolute Gasteiger partial charge is 0.291 e. The van der Waals surface area contributed by atoms with Gasteiger partial charge >= 0.3 is 0 Å². The summed E-state index contributed by atoms with van der Waals surface area (Å²) in [5, 5.41) is 4.09. The summed E-state index contributed by atoms with van der Waals surface area (Å²) in [5.41, 5.74) is 1.06. The summed E-state index contributed by atoms with van der Waals surface area (Å²) in [6, 6.07) is 34.6. The summed E-state index contributed by atoms with van der Waals surface area (Å²) in [5.74, 6) is 0.745. The van der Waals surface area contributed by atoms with Crippen molar-refractivity contribution in [2.75, 3.05) is 0 Å². The molecule has 3 nitrogen and oxygen atoms in total. The van der Waals surface area contributed by atoms with Crippen molar-refractivity contribution in [1.29, 1.82) is 0 Å². The molecule has 2 heterocycles. The first-order valence-corrected chi connectivity index (χ1v) is 11.7. The molecule has 0 aliphatic rings. The molecule has 2 aromatic heterocycles. The maximum absolute atomic E-state index is 4.85. The van der Waals surface area contributed by atoms with E-state index in [1.807, 2.05) is 16.7 Å². The second-order valence-corrected chi connectivity index (χ2v) is 10.5. The van der Waals surface area contributed by atoms with E-state index in [9.17, 15) is 0 Å². The van der Waals surface area contributed by atoms with Crippen LogP contribution in [0.3, 0.4) is 0 Å². The first kappa shape index (κ1) is 17.8. The van der Waals surface area contributed by atoms with Crippen molar-refractivity contribution in [2.45, 2.75) is 6.16 Å². The van der Waals surface area contributed by atoms with Crippen molar-refractivity contribution in [2.24, 2.45) is 0 Å². The van der Waals surface area contributed by atoms with E-state index in [4.69, 9.17) is 4.98 Å².